The summed E-state index contributed by atoms with van der Waals surface area (Å²) in [4.78, 5) is 15.6. The van der Waals surface area contributed by atoms with Crippen molar-refractivity contribution in [2.24, 2.45) is 0 Å². The van der Waals surface area contributed by atoms with Crippen LogP contribution in [-0.2, 0) is 9.53 Å². The molecule has 0 unspecified atom stereocenters. The minimum atomic E-state index is -0.408. The topological polar surface area (TPSA) is 48.4 Å². The molecule has 0 saturated carbocycles. The highest BCUT2D eigenvalue weighted by Gasteiger charge is 2.06. The number of rotatable bonds is 4. The molecule has 0 aliphatic heterocycles. The summed E-state index contributed by atoms with van der Waals surface area (Å²) in [7, 11) is 1.59. The van der Waals surface area contributed by atoms with Crippen molar-refractivity contribution in [3.63, 3.8) is 0 Å². The number of fused-ring (bicyclic) bond motifs is 1. The predicted molar refractivity (Wildman–Crippen MR) is 79.0 cm³/mol. The molecule has 0 fully saturated rings. The van der Waals surface area contributed by atoms with E-state index < -0.39 is 5.97 Å². The van der Waals surface area contributed by atoms with E-state index in [0.29, 0.717) is 22.9 Å². The van der Waals surface area contributed by atoms with E-state index in [4.69, 9.17) is 21.1 Å². The lowest BCUT2D eigenvalue weighted by molar-refractivity contribution is -0.137. The molecular weight excluding hydrogens is 278 g/mol. The second-order valence-electron chi connectivity index (χ2n) is 4.00. The maximum Gasteiger partial charge on any atom is 0.330 e. The fourth-order valence-corrected chi connectivity index (χ4v) is 2.01. The summed E-state index contributed by atoms with van der Waals surface area (Å²) in [5.41, 5.74) is 1.42. The van der Waals surface area contributed by atoms with Crippen LogP contribution in [0.15, 0.2) is 30.5 Å². The minimum absolute atomic E-state index is 0.337. The largest absolute Gasteiger partial charge is 0.497 e. The van der Waals surface area contributed by atoms with E-state index in [1.165, 1.54) is 6.08 Å². The Hall–Kier alpha value is -2.07. The van der Waals surface area contributed by atoms with Crippen molar-refractivity contribution in [3.05, 3.63) is 41.1 Å². The van der Waals surface area contributed by atoms with Gasteiger partial charge in [0.1, 0.15) is 5.75 Å². The number of benzene rings is 1. The monoisotopic (exact) mass is 291 g/mol. The third-order valence-electron chi connectivity index (χ3n) is 2.72. The fraction of sp³-hybridized carbons (Fsp3) is 0.200. The Bertz CT molecular complexity index is 667. The van der Waals surface area contributed by atoms with Crippen LogP contribution in [0.2, 0.25) is 5.02 Å². The van der Waals surface area contributed by atoms with E-state index in [9.17, 15) is 4.79 Å². The molecule has 0 amide bonds. The number of carbonyl (C=O) groups is 1. The predicted octanol–water partition coefficient (Wildman–Crippen LogP) is 3.47. The number of aromatic nitrogens is 1. The highest BCUT2D eigenvalue weighted by Crippen LogP contribution is 2.29. The molecular formula is C15H14ClNO3. The first kappa shape index (κ1) is 14.3. The van der Waals surface area contributed by atoms with Crippen molar-refractivity contribution in [1.82, 2.24) is 4.98 Å². The van der Waals surface area contributed by atoms with E-state index in [1.54, 1.807) is 26.3 Å². The van der Waals surface area contributed by atoms with Crippen LogP contribution in [-0.4, -0.2) is 24.7 Å². The van der Waals surface area contributed by atoms with Crippen molar-refractivity contribution < 1.29 is 14.3 Å². The summed E-state index contributed by atoms with van der Waals surface area (Å²) < 4.78 is 9.99. The molecule has 0 atom stereocenters. The SMILES string of the molecule is CCOC(=O)/C=C/c1cnc2ccc(OC)cc2c1Cl. The Morgan fingerprint density at radius 3 is 2.95 bits per heavy atom. The number of halogens is 1. The molecule has 0 aliphatic rings. The van der Waals surface area contributed by atoms with Gasteiger partial charge in [-0.1, -0.05) is 11.6 Å². The molecule has 0 radical (unpaired) electrons. The van der Waals surface area contributed by atoms with Gasteiger partial charge < -0.3 is 9.47 Å². The molecule has 20 heavy (non-hydrogen) atoms. The highest BCUT2D eigenvalue weighted by molar-refractivity contribution is 6.36. The number of carbonyl (C=O) groups excluding carboxylic acids is 1. The van der Waals surface area contributed by atoms with E-state index in [2.05, 4.69) is 4.98 Å². The molecule has 1 heterocycles. The number of ether oxygens (including phenoxy) is 2. The van der Waals surface area contributed by atoms with Gasteiger partial charge in [-0.25, -0.2) is 4.79 Å². The molecule has 104 valence electrons. The number of pyridine rings is 1. The quantitative estimate of drug-likeness (QED) is 0.639. The van der Waals surface area contributed by atoms with Gasteiger partial charge in [-0.15, -0.1) is 0 Å². The molecule has 4 nitrogen and oxygen atoms in total. The summed E-state index contributed by atoms with van der Waals surface area (Å²) >= 11 is 6.33. The van der Waals surface area contributed by atoms with Gasteiger partial charge in [-0.05, 0) is 31.2 Å². The smallest absolute Gasteiger partial charge is 0.330 e. The van der Waals surface area contributed by atoms with Gasteiger partial charge in [0, 0.05) is 23.2 Å². The van der Waals surface area contributed by atoms with Crippen LogP contribution >= 0.6 is 11.6 Å². The third-order valence-corrected chi connectivity index (χ3v) is 3.14. The van der Waals surface area contributed by atoms with Crippen LogP contribution in [0.5, 0.6) is 5.75 Å². The maximum absolute atomic E-state index is 11.3. The lowest BCUT2D eigenvalue weighted by atomic mass is 10.1. The average molecular weight is 292 g/mol. The number of nitrogens with zero attached hydrogens (tertiary/aromatic N) is 1. The van der Waals surface area contributed by atoms with Gasteiger partial charge >= 0.3 is 5.97 Å². The molecule has 2 aromatic rings. The Balaban J connectivity index is 2.40. The zero-order valence-electron chi connectivity index (χ0n) is 11.2. The van der Waals surface area contributed by atoms with Crippen molar-refractivity contribution in [3.8, 4) is 5.75 Å². The van der Waals surface area contributed by atoms with Gasteiger partial charge in [-0.2, -0.15) is 0 Å². The summed E-state index contributed by atoms with van der Waals surface area (Å²) in [5, 5.41) is 1.30. The van der Waals surface area contributed by atoms with Crippen LogP contribution in [0, 0.1) is 0 Å². The summed E-state index contributed by atoms with van der Waals surface area (Å²) in [6.07, 6.45) is 4.54. The van der Waals surface area contributed by atoms with E-state index in [-0.39, 0.29) is 0 Å². The minimum Gasteiger partial charge on any atom is -0.497 e. The van der Waals surface area contributed by atoms with Crippen LogP contribution in [0.25, 0.3) is 17.0 Å². The molecule has 1 aromatic heterocycles. The molecule has 0 aliphatic carbocycles. The van der Waals surface area contributed by atoms with Crippen LogP contribution in [0.1, 0.15) is 12.5 Å². The third kappa shape index (κ3) is 3.08. The Morgan fingerprint density at radius 1 is 1.45 bits per heavy atom. The first-order valence-electron chi connectivity index (χ1n) is 6.12. The Kier molecular flexibility index (Phi) is 4.58. The molecule has 0 spiro atoms. The van der Waals surface area contributed by atoms with Crippen molar-refractivity contribution >= 4 is 34.5 Å². The fourth-order valence-electron chi connectivity index (χ4n) is 1.75. The van der Waals surface area contributed by atoms with Crippen LogP contribution in [0.3, 0.4) is 0 Å². The van der Waals surface area contributed by atoms with Crippen molar-refractivity contribution in [1.29, 1.82) is 0 Å². The second-order valence-corrected chi connectivity index (χ2v) is 4.37. The van der Waals surface area contributed by atoms with Crippen molar-refractivity contribution in [2.75, 3.05) is 13.7 Å². The zero-order valence-corrected chi connectivity index (χ0v) is 12.0. The maximum atomic E-state index is 11.3. The van der Waals surface area contributed by atoms with Gasteiger partial charge in [0.15, 0.2) is 0 Å². The Labute approximate surface area is 122 Å². The molecule has 2 rings (SSSR count). The Morgan fingerprint density at radius 2 is 2.25 bits per heavy atom. The first-order valence-corrected chi connectivity index (χ1v) is 6.50. The molecule has 0 saturated heterocycles. The molecule has 0 bridgehead atoms. The number of methoxy groups -OCH3 is 1. The van der Waals surface area contributed by atoms with Gasteiger partial charge in [0.2, 0.25) is 0 Å². The molecule has 0 N–H and O–H groups in total. The zero-order chi connectivity index (χ0) is 14.5. The summed E-state index contributed by atoms with van der Waals surface area (Å²) in [5.74, 6) is 0.294. The normalized spacial score (nSPS) is 10.9. The van der Waals surface area contributed by atoms with Crippen LogP contribution in [0.4, 0.5) is 0 Å². The lowest BCUT2D eigenvalue weighted by Gasteiger charge is -2.06. The van der Waals surface area contributed by atoms with Gasteiger partial charge in [0.05, 0.1) is 24.3 Å². The number of esters is 1. The number of hydrogen-bond donors (Lipinski definition) is 0. The summed E-state index contributed by atoms with van der Waals surface area (Å²) in [6, 6.07) is 5.46. The second kappa shape index (κ2) is 6.39. The van der Waals surface area contributed by atoms with Gasteiger partial charge in [0.25, 0.3) is 0 Å². The summed E-state index contributed by atoms with van der Waals surface area (Å²) in [6.45, 7) is 2.09. The average Bonchev–Trinajstić information content (AvgIpc) is 2.46. The lowest BCUT2D eigenvalue weighted by Crippen LogP contribution is -1.98. The van der Waals surface area contributed by atoms with Crippen molar-refractivity contribution in [2.45, 2.75) is 6.92 Å². The highest BCUT2D eigenvalue weighted by atomic mass is 35.5. The van der Waals surface area contributed by atoms with Gasteiger partial charge in [-0.3, -0.25) is 4.98 Å². The van der Waals surface area contributed by atoms with Crippen LogP contribution < -0.4 is 4.74 Å². The molecule has 5 heteroatoms. The molecule has 1 aromatic carbocycles. The van der Waals surface area contributed by atoms with E-state index >= 15 is 0 Å². The first-order chi connectivity index (χ1) is 9.65. The van der Waals surface area contributed by atoms with E-state index in [0.717, 1.165) is 10.9 Å². The standard InChI is InChI=1S/C15H14ClNO3/c1-3-20-14(18)7-4-10-9-17-13-6-5-11(19-2)8-12(13)15(10)16/h4-9H,3H2,1-2H3/b7-4+. The van der Waals surface area contributed by atoms with E-state index in [1.807, 2.05) is 18.2 Å². The number of hydrogen-bond acceptors (Lipinski definition) is 4.